The lowest BCUT2D eigenvalue weighted by atomic mass is 9.88. The molecule has 2 aromatic carbocycles. The molecule has 2 unspecified atom stereocenters. The summed E-state index contributed by atoms with van der Waals surface area (Å²) in [5.74, 6) is -0.459. The van der Waals surface area contributed by atoms with E-state index in [-0.39, 0.29) is 12.5 Å². The molecule has 1 aliphatic carbocycles. The van der Waals surface area contributed by atoms with Crippen LogP contribution in [0, 0.1) is 0 Å². The Bertz CT molecular complexity index is 919. The average molecular weight is 409 g/mol. The summed E-state index contributed by atoms with van der Waals surface area (Å²) in [4.78, 5) is 24.9. The lowest BCUT2D eigenvalue weighted by molar-refractivity contribution is -0.124. The molecular formula is C23H24N2O3S. The maximum atomic E-state index is 12.7. The van der Waals surface area contributed by atoms with Crippen molar-refractivity contribution in [3.8, 4) is 11.1 Å². The van der Waals surface area contributed by atoms with Gasteiger partial charge < -0.3 is 15.8 Å². The van der Waals surface area contributed by atoms with Gasteiger partial charge in [0.05, 0.1) is 0 Å². The van der Waals surface area contributed by atoms with Gasteiger partial charge in [0, 0.05) is 16.4 Å². The predicted molar refractivity (Wildman–Crippen MR) is 114 cm³/mol. The van der Waals surface area contributed by atoms with Gasteiger partial charge in [-0.15, -0.1) is 0 Å². The van der Waals surface area contributed by atoms with Crippen LogP contribution in [0.3, 0.4) is 0 Å². The van der Waals surface area contributed by atoms with Crippen molar-refractivity contribution in [2.24, 2.45) is 5.73 Å². The zero-order chi connectivity index (χ0) is 20.0. The van der Waals surface area contributed by atoms with Crippen molar-refractivity contribution in [1.29, 1.82) is 0 Å². The van der Waals surface area contributed by atoms with E-state index in [2.05, 4.69) is 29.6 Å². The van der Waals surface area contributed by atoms with Crippen LogP contribution in [0.25, 0.3) is 11.1 Å². The number of thioether (sulfide) groups is 1. The van der Waals surface area contributed by atoms with Crippen molar-refractivity contribution in [2.45, 2.75) is 47.6 Å². The van der Waals surface area contributed by atoms with Crippen molar-refractivity contribution in [3.05, 3.63) is 59.7 Å². The van der Waals surface area contributed by atoms with E-state index < -0.39 is 17.5 Å². The van der Waals surface area contributed by atoms with Crippen LogP contribution < -0.4 is 11.1 Å². The molecule has 2 aromatic rings. The van der Waals surface area contributed by atoms with Crippen molar-refractivity contribution >= 4 is 23.8 Å². The van der Waals surface area contributed by atoms with Crippen LogP contribution >= 0.6 is 11.8 Å². The molecule has 3 aliphatic rings. The molecule has 2 amide bonds. The number of nitrogens with one attached hydrogen (secondary N) is 1. The summed E-state index contributed by atoms with van der Waals surface area (Å²) >= 11 is 1.92. The number of primary amides is 1. The summed E-state index contributed by atoms with van der Waals surface area (Å²) in [5.41, 5.74) is 9.45. The predicted octanol–water partition coefficient (Wildman–Crippen LogP) is 3.81. The first-order valence-corrected chi connectivity index (χ1v) is 11.1. The minimum Gasteiger partial charge on any atom is -0.449 e. The number of benzene rings is 2. The quantitative estimate of drug-likeness (QED) is 0.806. The van der Waals surface area contributed by atoms with Crippen LogP contribution in [0.15, 0.2) is 48.5 Å². The van der Waals surface area contributed by atoms with Crippen molar-refractivity contribution < 1.29 is 14.3 Å². The number of ether oxygens (including phenoxy) is 1. The molecule has 2 saturated heterocycles. The molecule has 2 atom stereocenters. The third-order valence-electron chi connectivity index (χ3n) is 6.50. The molecule has 0 spiro atoms. The molecule has 0 aromatic heterocycles. The van der Waals surface area contributed by atoms with Gasteiger partial charge in [-0.25, -0.2) is 4.79 Å². The van der Waals surface area contributed by atoms with Crippen LogP contribution in [0.1, 0.15) is 42.7 Å². The highest BCUT2D eigenvalue weighted by Crippen LogP contribution is 2.48. The van der Waals surface area contributed by atoms with Gasteiger partial charge in [-0.3, -0.25) is 4.79 Å². The first-order chi connectivity index (χ1) is 14.1. The number of fused-ring (bicyclic) bond motifs is 5. The molecule has 2 fully saturated rings. The van der Waals surface area contributed by atoms with Crippen molar-refractivity contribution in [3.63, 3.8) is 0 Å². The first-order valence-electron chi connectivity index (χ1n) is 10.1. The molecule has 2 bridgehead atoms. The second-order valence-electron chi connectivity index (χ2n) is 8.26. The summed E-state index contributed by atoms with van der Waals surface area (Å²) in [6.07, 6.45) is 2.78. The van der Waals surface area contributed by atoms with E-state index in [0.29, 0.717) is 23.3 Å². The smallest absolute Gasteiger partial charge is 0.408 e. The van der Waals surface area contributed by atoms with Gasteiger partial charge in [0.2, 0.25) is 5.91 Å². The Morgan fingerprint density at radius 2 is 1.55 bits per heavy atom. The number of hydrogen-bond donors (Lipinski definition) is 2. The third kappa shape index (κ3) is 3.19. The number of alkyl carbamates (subject to hydrolysis) is 1. The fraction of sp³-hybridized carbons (Fsp3) is 0.391. The molecule has 5 nitrogen and oxygen atoms in total. The van der Waals surface area contributed by atoms with Gasteiger partial charge in [-0.1, -0.05) is 48.5 Å². The standard InChI is InChI=1S/C23H24N2O3S/c24-21(26)23(11-14-9-10-15(12-23)29-14)25-22(27)28-13-20-18-7-3-1-5-16(18)17-6-2-4-8-19(17)20/h1-8,14-15,20H,9-13H2,(H2,24,26)(H,25,27). The summed E-state index contributed by atoms with van der Waals surface area (Å²) in [7, 11) is 0. The fourth-order valence-corrected chi connectivity index (χ4v) is 6.99. The van der Waals surface area contributed by atoms with E-state index in [1.165, 1.54) is 22.3 Å². The normalized spacial score (nSPS) is 27.2. The molecule has 0 radical (unpaired) electrons. The first kappa shape index (κ1) is 18.6. The Balaban J connectivity index is 1.31. The lowest BCUT2D eigenvalue weighted by Crippen LogP contribution is -2.60. The summed E-state index contributed by atoms with van der Waals surface area (Å²) < 4.78 is 5.64. The van der Waals surface area contributed by atoms with Gasteiger partial charge in [-0.05, 0) is 47.9 Å². The van der Waals surface area contributed by atoms with Crippen LogP contribution in [0.4, 0.5) is 4.79 Å². The summed E-state index contributed by atoms with van der Waals surface area (Å²) in [6.45, 7) is 0.232. The fourth-order valence-electron chi connectivity index (χ4n) is 5.14. The van der Waals surface area contributed by atoms with Gasteiger partial charge >= 0.3 is 6.09 Å². The Hall–Kier alpha value is -2.47. The Kier molecular flexibility index (Phi) is 4.54. The Labute approximate surface area is 174 Å². The number of carbonyl (C=O) groups is 2. The average Bonchev–Trinajstić information content (AvgIpc) is 3.23. The maximum absolute atomic E-state index is 12.7. The number of rotatable bonds is 4. The molecule has 29 heavy (non-hydrogen) atoms. The summed E-state index contributed by atoms with van der Waals surface area (Å²) in [6, 6.07) is 16.4. The SMILES string of the molecule is NC(=O)C1(NC(=O)OCC2c3ccccc3-c3ccccc32)CC2CCC(C1)S2. The molecular weight excluding hydrogens is 384 g/mol. The van der Waals surface area contributed by atoms with E-state index in [1.54, 1.807) is 0 Å². The third-order valence-corrected chi connectivity index (χ3v) is 8.08. The van der Waals surface area contributed by atoms with Crippen LogP contribution in [0.5, 0.6) is 0 Å². The van der Waals surface area contributed by atoms with E-state index in [9.17, 15) is 9.59 Å². The molecule has 3 N–H and O–H groups in total. The molecule has 2 aliphatic heterocycles. The summed E-state index contributed by atoms with van der Waals surface area (Å²) in [5, 5.41) is 3.62. The zero-order valence-corrected chi connectivity index (χ0v) is 16.9. The van der Waals surface area contributed by atoms with Crippen LogP contribution in [0.2, 0.25) is 0 Å². The highest BCUT2D eigenvalue weighted by molar-refractivity contribution is 8.00. The number of carbonyl (C=O) groups excluding carboxylic acids is 2. The Morgan fingerprint density at radius 3 is 2.10 bits per heavy atom. The minimum absolute atomic E-state index is 0.00392. The molecule has 0 saturated carbocycles. The van der Waals surface area contributed by atoms with E-state index in [0.717, 1.165) is 12.8 Å². The topological polar surface area (TPSA) is 81.4 Å². The van der Waals surface area contributed by atoms with Crippen molar-refractivity contribution in [1.82, 2.24) is 5.32 Å². The van der Waals surface area contributed by atoms with Crippen LogP contribution in [-0.4, -0.2) is 34.6 Å². The van der Waals surface area contributed by atoms with Crippen LogP contribution in [-0.2, 0) is 9.53 Å². The number of amides is 2. The lowest BCUT2D eigenvalue weighted by Gasteiger charge is -2.38. The number of nitrogens with two attached hydrogens (primary N) is 1. The molecule has 6 heteroatoms. The minimum atomic E-state index is -0.986. The highest BCUT2D eigenvalue weighted by Gasteiger charge is 2.49. The zero-order valence-electron chi connectivity index (χ0n) is 16.1. The van der Waals surface area contributed by atoms with Crippen molar-refractivity contribution in [2.75, 3.05) is 6.61 Å². The largest absolute Gasteiger partial charge is 0.449 e. The monoisotopic (exact) mass is 408 g/mol. The second kappa shape index (κ2) is 7.10. The second-order valence-corrected chi connectivity index (χ2v) is 9.87. The molecule has 150 valence electrons. The van der Waals surface area contributed by atoms with Gasteiger partial charge in [0.15, 0.2) is 0 Å². The van der Waals surface area contributed by atoms with E-state index in [1.807, 2.05) is 36.0 Å². The van der Waals surface area contributed by atoms with Gasteiger partial charge in [0.1, 0.15) is 12.1 Å². The van der Waals surface area contributed by atoms with Gasteiger partial charge in [0.25, 0.3) is 0 Å². The Morgan fingerprint density at radius 1 is 1.00 bits per heavy atom. The highest BCUT2D eigenvalue weighted by atomic mass is 32.2. The molecule has 2 heterocycles. The molecule has 5 rings (SSSR count). The van der Waals surface area contributed by atoms with E-state index in [4.69, 9.17) is 10.5 Å². The maximum Gasteiger partial charge on any atom is 0.408 e. The van der Waals surface area contributed by atoms with E-state index >= 15 is 0 Å². The van der Waals surface area contributed by atoms with Gasteiger partial charge in [-0.2, -0.15) is 11.8 Å². The number of hydrogen-bond acceptors (Lipinski definition) is 4.